The Bertz CT molecular complexity index is 663. The second kappa shape index (κ2) is 6.44. The van der Waals surface area contributed by atoms with Gasteiger partial charge in [0.25, 0.3) is 0 Å². The van der Waals surface area contributed by atoms with Gasteiger partial charge in [0, 0.05) is 28.7 Å². The summed E-state index contributed by atoms with van der Waals surface area (Å²) >= 11 is 0. The van der Waals surface area contributed by atoms with Gasteiger partial charge in [0.2, 0.25) is 0 Å². The number of hydrogen-bond acceptors (Lipinski definition) is 3. The topological polar surface area (TPSA) is 51.2 Å². The maximum absolute atomic E-state index is 12.5. The van der Waals surface area contributed by atoms with Crippen molar-refractivity contribution in [3.05, 3.63) is 58.2 Å². The van der Waals surface area contributed by atoms with Gasteiger partial charge < -0.3 is 4.79 Å². The third kappa shape index (κ3) is 3.07. The highest BCUT2D eigenvalue weighted by Crippen LogP contribution is 2.28. The lowest BCUT2D eigenvalue weighted by atomic mass is 9.83. The summed E-state index contributed by atoms with van der Waals surface area (Å²) < 4.78 is 0. The molecule has 0 amide bonds. The minimum atomic E-state index is -0.0702. The molecule has 1 aliphatic carbocycles. The van der Waals surface area contributed by atoms with Gasteiger partial charge >= 0.3 is 0 Å². The molecule has 0 bridgehead atoms. The molecule has 0 radical (unpaired) electrons. The number of carbonyl (C=O) groups excluding carboxylic acids is 3. The van der Waals surface area contributed by atoms with Crippen LogP contribution in [0, 0.1) is 0 Å². The van der Waals surface area contributed by atoms with E-state index in [0.29, 0.717) is 41.5 Å². The van der Waals surface area contributed by atoms with Crippen LogP contribution in [-0.4, -0.2) is 17.9 Å². The third-order valence-corrected chi connectivity index (χ3v) is 3.79. The van der Waals surface area contributed by atoms with Crippen LogP contribution in [0.25, 0.3) is 0 Å². The standard InChI is InChI=1S/C18H18O3/c1-12(6-5-11-19)9-10-14-13(2)17(20)15-7-3-4-8-16(15)18(14)21/h3-4,7-9,11H,5-6,10H2,1-2H3/b12-9+. The highest BCUT2D eigenvalue weighted by molar-refractivity contribution is 6.26. The maximum atomic E-state index is 12.5. The Kier molecular flexibility index (Phi) is 4.63. The SMILES string of the molecule is CC1=C(C/C=C(\C)CCC=O)C(=O)c2ccccc2C1=O. The second-order valence-electron chi connectivity index (χ2n) is 5.27. The molecule has 3 nitrogen and oxygen atoms in total. The number of benzene rings is 1. The van der Waals surface area contributed by atoms with E-state index in [-0.39, 0.29) is 11.6 Å². The number of ketones is 2. The van der Waals surface area contributed by atoms with Gasteiger partial charge in [-0.05, 0) is 26.7 Å². The van der Waals surface area contributed by atoms with Crippen LogP contribution in [-0.2, 0) is 4.79 Å². The molecule has 21 heavy (non-hydrogen) atoms. The summed E-state index contributed by atoms with van der Waals surface area (Å²) in [4.78, 5) is 35.2. The molecule has 0 atom stereocenters. The number of Topliss-reactive ketones (excluding diaryl/α,β-unsaturated/α-hetero) is 2. The highest BCUT2D eigenvalue weighted by Gasteiger charge is 2.28. The third-order valence-electron chi connectivity index (χ3n) is 3.79. The predicted molar refractivity (Wildman–Crippen MR) is 81.5 cm³/mol. The Balaban J connectivity index is 2.28. The summed E-state index contributed by atoms with van der Waals surface area (Å²) in [6, 6.07) is 6.94. The molecule has 0 saturated heterocycles. The maximum Gasteiger partial charge on any atom is 0.190 e. The van der Waals surface area contributed by atoms with Crippen molar-refractivity contribution in [3.63, 3.8) is 0 Å². The van der Waals surface area contributed by atoms with E-state index in [2.05, 4.69) is 0 Å². The van der Waals surface area contributed by atoms with Gasteiger partial charge in [-0.1, -0.05) is 35.9 Å². The lowest BCUT2D eigenvalue weighted by Crippen LogP contribution is -2.20. The lowest BCUT2D eigenvalue weighted by Gasteiger charge is -2.18. The molecule has 0 spiro atoms. The Hall–Kier alpha value is -2.29. The Morgan fingerprint density at radius 1 is 1.10 bits per heavy atom. The van der Waals surface area contributed by atoms with Crippen LogP contribution in [0.15, 0.2) is 47.1 Å². The van der Waals surface area contributed by atoms with E-state index >= 15 is 0 Å². The van der Waals surface area contributed by atoms with Crippen molar-refractivity contribution in [2.45, 2.75) is 33.1 Å². The normalized spacial score (nSPS) is 15.2. The zero-order valence-corrected chi connectivity index (χ0v) is 12.3. The van der Waals surface area contributed by atoms with Crippen molar-refractivity contribution in [1.82, 2.24) is 0 Å². The molecule has 0 aliphatic heterocycles. The fraction of sp³-hybridized carbons (Fsp3) is 0.278. The quantitative estimate of drug-likeness (QED) is 0.611. The van der Waals surface area contributed by atoms with Crippen molar-refractivity contribution in [3.8, 4) is 0 Å². The monoisotopic (exact) mass is 282 g/mol. The summed E-state index contributed by atoms with van der Waals surface area (Å²) in [6.07, 6.45) is 4.43. The molecule has 108 valence electrons. The Labute approximate surface area is 124 Å². The molecule has 0 unspecified atom stereocenters. The number of allylic oxidation sites excluding steroid dienone is 4. The molecule has 3 heteroatoms. The molecule has 1 aromatic carbocycles. The predicted octanol–water partition coefficient (Wildman–Crippen LogP) is 3.70. The van der Waals surface area contributed by atoms with E-state index in [1.54, 1.807) is 31.2 Å². The number of aldehydes is 1. The van der Waals surface area contributed by atoms with E-state index in [1.807, 2.05) is 13.0 Å². The van der Waals surface area contributed by atoms with E-state index in [9.17, 15) is 14.4 Å². The molecule has 0 N–H and O–H groups in total. The number of fused-ring (bicyclic) bond motifs is 1. The van der Waals surface area contributed by atoms with Crippen LogP contribution in [0.1, 0.15) is 53.8 Å². The van der Waals surface area contributed by atoms with Crippen molar-refractivity contribution < 1.29 is 14.4 Å². The first kappa shape index (κ1) is 15.1. The first-order valence-electron chi connectivity index (χ1n) is 7.03. The van der Waals surface area contributed by atoms with Gasteiger partial charge in [-0.2, -0.15) is 0 Å². The minimum absolute atomic E-state index is 0.0675. The molecule has 0 fully saturated rings. The second-order valence-corrected chi connectivity index (χ2v) is 5.27. The zero-order valence-electron chi connectivity index (χ0n) is 12.3. The number of hydrogen-bond donors (Lipinski definition) is 0. The first-order valence-corrected chi connectivity index (χ1v) is 7.03. The first-order chi connectivity index (χ1) is 10.1. The molecular weight excluding hydrogens is 264 g/mol. The molecular formula is C18H18O3. The van der Waals surface area contributed by atoms with Crippen LogP contribution in [0.4, 0.5) is 0 Å². The molecule has 1 aliphatic rings. The Morgan fingerprint density at radius 2 is 1.71 bits per heavy atom. The van der Waals surface area contributed by atoms with Crippen molar-refractivity contribution in [1.29, 1.82) is 0 Å². The van der Waals surface area contributed by atoms with E-state index in [4.69, 9.17) is 0 Å². The number of rotatable bonds is 5. The van der Waals surface area contributed by atoms with Crippen LogP contribution in [0.2, 0.25) is 0 Å². The Morgan fingerprint density at radius 3 is 2.33 bits per heavy atom. The average Bonchev–Trinajstić information content (AvgIpc) is 2.50. The molecule has 2 rings (SSSR count). The van der Waals surface area contributed by atoms with Crippen molar-refractivity contribution >= 4 is 17.9 Å². The van der Waals surface area contributed by atoms with Crippen LogP contribution in [0.5, 0.6) is 0 Å². The van der Waals surface area contributed by atoms with Gasteiger partial charge in [-0.3, -0.25) is 9.59 Å². The van der Waals surface area contributed by atoms with Crippen LogP contribution < -0.4 is 0 Å². The van der Waals surface area contributed by atoms with E-state index in [1.165, 1.54) is 0 Å². The largest absolute Gasteiger partial charge is 0.303 e. The minimum Gasteiger partial charge on any atom is -0.303 e. The zero-order chi connectivity index (χ0) is 15.4. The molecule has 0 aromatic heterocycles. The summed E-state index contributed by atoms with van der Waals surface area (Å²) in [5, 5.41) is 0. The van der Waals surface area contributed by atoms with E-state index < -0.39 is 0 Å². The van der Waals surface area contributed by atoms with Crippen molar-refractivity contribution in [2.75, 3.05) is 0 Å². The average molecular weight is 282 g/mol. The van der Waals surface area contributed by atoms with Gasteiger partial charge in [-0.25, -0.2) is 0 Å². The highest BCUT2D eigenvalue weighted by atomic mass is 16.1. The van der Waals surface area contributed by atoms with Crippen LogP contribution >= 0.6 is 0 Å². The smallest absolute Gasteiger partial charge is 0.190 e. The lowest BCUT2D eigenvalue weighted by molar-refractivity contribution is -0.107. The van der Waals surface area contributed by atoms with E-state index in [0.717, 1.165) is 11.9 Å². The number of carbonyl (C=O) groups is 3. The summed E-state index contributed by atoms with van der Waals surface area (Å²) in [5.74, 6) is -0.138. The molecule has 0 heterocycles. The van der Waals surface area contributed by atoms with Gasteiger partial charge in [0.1, 0.15) is 6.29 Å². The molecule has 1 aromatic rings. The fourth-order valence-electron chi connectivity index (χ4n) is 2.46. The summed E-state index contributed by atoms with van der Waals surface area (Å²) in [5.41, 5.74) is 3.12. The van der Waals surface area contributed by atoms with Crippen molar-refractivity contribution in [2.24, 2.45) is 0 Å². The van der Waals surface area contributed by atoms with Gasteiger partial charge in [-0.15, -0.1) is 0 Å². The van der Waals surface area contributed by atoms with Crippen LogP contribution in [0.3, 0.4) is 0 Å². The fourth-order valence-corrected chi connectivity index (χ4v) is 2.46. The van der Waals surface area contributed by atoms with Gasteiger partial charge in [0.05, 0.1) is 0 Å². The molecule has 0 saturated carbocycles. The summed E-state index contributed by atoms with van der Waals surface area (Å²) in [7, 11) is 0. The van der Waals surface area contributed by atoms with Gasteiger partial charge in [0.15, 0.2) is 11.6 Å². The summed E-state index contributed by atoms with van der Waals surface area (Å²) in [6.45, 7) is 3.64.